The van der Waals surface area contributed by atoms with Crippen molar-refractivity contribution in [3.8, 4) is 5.75 Å². The molecule has 1 aromatic carbocycles. The Morgan fingerprint density at radius 2 is 2.17 bits per heavy atom. The number of aromatic carboxylic acids is 1. The summed E-state index contributed by atoms with van der Waals surface area (Å²) in [6.45, 7) is 1.51. The second kappa shape index (κ2) is 6.86. The van der Waals surface area contributed by atoms with Gasteiger partial charge < -0.3 is 9.84 Å². The summed E-state index contributed by atoms with van der Waals surface area (Å²) in [5, 5.41) is 9.07. The maximum Gasteiger partial charge on any atom is 0.339 e. The summed E-state index contributed by atoms with van der Waals surface area (Å²) in [5.74, 6) is -0.123. The molecule has 0 atom stereocenters. The molecule has 0 aliphatic heterocycles. The van der Waals surface area contributed by atoms with E-state index in [0.29, 0.717) is 11.5 Å². The molecule has 0 aliphatic rings. The van der Waals surface area contributed by atoms with Crippen LogP contribution in [-0.4, -0.2) is 29.1 Å². The molecule has 0 aromatic heterocycles. The van der Waals surface area contributed by atoms with E-state index in [-0.39, 0.29) is 10.7 Å². The van der Waals surface area contributed by atoms with Crippen molar-refractivity contribution in [3.63, 3.8) is 0 Å². The van der Waals surface area contributed by atoms with Gasteiger partial charge >= 0.3 is 5.97 Å². The highest BCUT2D eigenvalue weighted by Gasteiger charge is 2.10. The van der Waals surface area contributed by atoms with Crippen LogP contribution >= 0.6 is 11.8 Å². The van der Waals surface area contributed by atoms with Crippen LogP contribution in [-0.2, 0) is 4.79 Å². The minimum Gasteiger partial charge on any atom is -0.496 e. The molecular weight excluding hydrogens is 252 g/mol. The summed E-state index contributed by atoms with van der Waals surface area (Å²) < 4.78 is 4.97. The highest BCUT2D eigenvalue weighted by molar-refractivity contribution is 8.13. The molecule has 96 valence electrons. The fourth-order valence-electron chi connectivity index (χ4n) is 1.35. The minimum atomic E-state index is -1.03. The largest absolute Gasteiger partial charge is 0.496 e. The molecule has 4 nitrogen and oxygen atoms in total. The quantitative estimate of drug-likeness (QED) is 0.887. The smallest absolute Gasteiger partial charge is 0.339 e. The van der Waals surface area contributed by atoms with Gasteiger partial charge in [0, 0.05) is 12.7 Å². The first-order chi connectivity index (χ1) is 8.54. The van der Waals surface area contributed by atoms with Gasteiger partial charge in [0.25, 0.3) is 0 Å². The van der Waals surface area contributed by atoms with Crippen molar-refractivity contribution in [1.29, 1.82) is 0 Å². The first-order valence-corrected chi connectivity index (χ1v) is 6.24. The topological polar surface area (TPSA) is 63.6 Å². The van der Waals surface area contributed by atoms with Gasteiger partial charge in [0.1, 0.15) is 11.3 Å². The third-order valence-electron chi connectivity index (χ3n) is 2.15. The highest BCUT2D eigenvalue weighted by atomic mass is 32.2. The number of carbonyl (C=O) groups excluding carboxylic acids is 1. The lowest BCUT2D eigenvalue weighted by Crippen LogP contribution is -2.00. The number of rotatable bonds is 5. The molecule has 1 rings (SSSR count). The SMILES string of the molecule is COc1ccc(C=CCSC(C)=O)cc1C(=O)O. The summed E-state index contributed by atoms with van der Waals surface area (Å²) in [6, 6.07) is 4.91. The number of methoxy groups -OCH3 is 1. The van der Waals surface area contributed by atoms with Crippen molar-refractivity contribution in [2.45, 2.75) is 6.92 Å². The fourth-order valence-corrected chi connectivity index (χ4v) is 1.77. The van der Waals surface area contributed by atoms with Crippen LogP contribution in [0.4, 0.5) is 0 Å². The molecule has 0 saturated heterocycles. The molecule has 0 heterocycles. The van der Waals surface area contributed by atoms with Crippen LogP contribution in [0.3, 0.4) is 0 Å². The number of carboxylic acid groups (broad SMARTS) is 1. The van der Waals surface area contributed by atoms with E-state index in [9.17, 15) is 9.59 Å². The number of thioether (sulfide) groups is 1. The van der Waals surface area contributed by atoms with Gasteiger partial charge in [-0.1, -0.05) is 30.0 Å². The minimum absolute atomic E-state index is 0.0561. The van der Waals surface area contributed by atoms with E-state index >= 15 is 0 Å². The Hall–Kier alpha value is -1.75. The lowest BCUT2D eigenvalue weighted by atomic mass is 10.1. The normalized spacial score (nSPS) is 10.6. The van der Waals surface area contributed by atoms with Crippen LogP contribution in [0, 0.1) is 0 Å². The van der Waals surface area contributed by atoms with Gasteiger partial charge in [0.15, 0.2) is 5.12 Å². The Bertz CT molecular complexity index is 480. The number of carbonyl (C=O) groups is 2. The second-order valence-corrected chi connectivity index (χ2v) is 4.67. The zero-order chi connectivity index (χ0) is 13.5. The van der Waals surface area contributed by atoms with Crippen molar-refractivity contribution in [3.05, 3.63) is 35.4 Å². The third kappa shape index (κ3) is 4.25. The van der Waals surface area contributed by atoms with E-state index in [2.05, 4.69) is 0 Å². The number of ether oxygens (including phenoxy) is 1. The van der Waals surface area contributed by atoms with Crippen LogP contribution in [0.25, 0.3) is 6.08 Å². The van der Waals surface area contributed by atoms with Gasteiger partial charge in [-0.15, -0.1) is 0 Å². The number of hydrogen-bond acceptors (Lipinski definition) is 4. The average molecular weight is 266 g/mol. The van der Waals surface area contributed by atoms with Gasteiger partial charge in [0.05, 0.1) is 7.11 Å². The predicted molar refractivity (Wildman–Crippen MR) is 72.1 cm³/mol. The molecule has 0 amide bonds. The zero-order valence-corrected chi connectivity index (χ0v) is 11.0. The number of benzene rings is 1. The van der Waals surface area contributed by atoms with Crippen molar-refractivity contribution in [1.82, 2.24) is 0 Å². The van der Waals surface area contributed by atoms with Crippen molar-refractivity contribution < 1.29 is 19.4 Å². The Balaban J connectivity index is 2.82. The van der Waals surface area contributed by atoms with Gasteiger partial charge in [-0.25, -0.2) is 4.79 Å². The first-order valence-electron chi connectivity index (χ1n) is 5.26. The molecule has 0 radical (unpaired) electrons. The van der Waals surface area contributed by atoms with Crippen molar-refractivity contribution in [2.24, 2.45) is 0 Å². The Morgan fingerprint density at radius 1 is 1.44 bits per heavy atom. The van der Waals surface area contributed by atoms with E-state index < -0.39 is 5.97 Å². The van der Waals surface area contributed by atoms with Gasteiger partial charge in [-0.05, 0) is 17.7 Å². The highest BCUT2D eigenvalue weighted by Crippen LogP contribution is 2.20. The lowest BCUT2D eigenvalue weighted by molar-refractivity contribution is -0.109. The van der Waals surface area contributed by atoms with Crippen LogP contribution < -0.4 is 4.74 Å². The molecular formula is C13H14O4S. The average Bonchev–Trinajstić information content (AvgIpc) is 2.34. The standard InChI is InChI=1S/C13H14O4S/c1-9(14)18-7-3-4-10-5-6-12(17-2)11(8-10)13(15)16/h3-6,8H,7H2,1-2H3,(H,15,16). The third-order valence-corrected chi connectivity index (χ3v) is 2.91. The molecule has 0 saturated carbocycles. The molecule has 0 fully saturated rings. The van der Waals surface area contributed by atoms with Crippen LogP contribution in [0.15, 0.2) is 24.3 Å². The molecule has 1 N–H and O–H groups in total. The van der Waals surface area contributed by atoms with E-state index in [1.165, 1.54) is 31.9 Å². The van der Waals surface area contributed by atoms with Crippen LogP contribution in [0.2, 0.25) is 0 Å². The molecule has 1 aromatic rings. The fraction of sp³-hybridized carbons (Fsp3) is 0.231. The lowest BCUT2D eigenvalue weighted by Gasteiger charge is -2.05. The Morgan fingerprint density at radius 3 is 2.72 bits per heavy atom. The number of carboxylic acids is 1. The van der Waals surface area contributed by atoms with E-state index in [0.717, 1.165) is 5.56 Å². The van der Waals surface area contributed by atoms with Crippen molar-refractivity contribution >= 4 is 28.9 Å². The molecule has 0 bridgehead atoms. The van der Waals surface area contributed by atoms with Gasteiger partial charge in [0.2, 0.25) is 0 Å². The molecule has 5 heteroatoms. The molecule has 0 aliphatic carbocycles. The van der Waals surface area contributed by atoms with Gasteiger partial charge in [-0.3, -0.25) is 4.79 Å². The van der Waals surface area contributed by atoms with Crippen molar-refractivity contribution in [2.75, 3.05) is 12.9 Å². The van der Waals surface area contributed by atoms with Gasteiger partial charge in [-0.2, -0.15) is 0 Å². The summed E-state index contributed by atoms with van der Waals surface area (Å²) in [6.07, 6.45) is 3.60. The van der Waals surface area contributed by atoms with Crippen LogP contribution in [0.5, 0.6) is 5.75 Å². The predicted octanol–water partition coefficient (Wildman–Crippen LogP) is 2.69. The number of hydrogen-bond donors (Lipinski definition) is 1. The summed E-state index contributed by atoms with van der Waals surface area (Å²) in [7, 11) is 1.43. The molecule has 18 heavy (non-hydrogen) atoms. The molecule has 0 unspecified atom stereocenters. The summed E-state index contributed by atoms with van der Waals surface area (Å²) in [4.78, 5) is 21.7. The first kappa shape index (κ1) is 14.3. The molecule has 0 spiro atoms. The summed E-state index contributed by atoms with van der Waals surface area (Å²) >= 11 is 1.20. The van der Waals surface area contributed by atoms with E-state index in [1.54, 1.807) is 18.2 Å². The maximum absolute atomic E-state index is 11.0. The second-order valence-electron chi connectivity index (χ2n) is 3.47. The Kier molecular flexibility index (Phi) is 5.45. The van der Waals surface area contributed by atoms with E-state index in [4.69, 9.17) is 9.84 Å². The van der Waals surface area contributed by atoms with Crippen LogP contribution in [0.1, 0.15) is 22.8 Å². The maximum atomic E-state index is 11.0. The summed E-state index contributed by atoms with van der Waals surface area (Å²) in [5.41, 5.74) is 0.885. The monoisotopic (exact) mass is 266 g/mol. The zero-order valence-electron chi connectivity index (χ0n) is 10.2. The Labute approximate surface area is 110 Å². The van der Waals surface area contributed by atoms with E-state index in [1.807, 2.05) is 6.08 Å².